The molecule has 0 fully saturated rings. The lowest BCUT2D eigenvalue weighted by molar-refractivity contribution is 0.0687. The van der Waals surface area contributed by atoms with E-state index in [0.717, 1.165) is 30.8 Å². The molecule has 0 saturated carbocycles. The Morgan fingerprint density at radius 1 is 1.50 bits per heavy atom. The number of halogens is 1. The van der Waals surface area contributed by atoms with Crippen LogP contribution in [0.4, 0.5) is 5.82 Å². The van der Waals surface area contributed by atoms with E-state index in [1.807, 2.05) is 0 Å². The summed E-state index contributed by atoms with van der Waals surface area (Å²) in [5.74, 6) is -0.262. The summed E-state index contributed by atoms with van der Waals surface area (Å²) in [6.07, 6.45) is 3.88. The second kappa shape index (κ2) is 4.90. The molecule has 1 N–H and O–H groups in total. The molecule has 2 aromatic heterocycles. The fourth-order valence-corrected chi connectivity index (χ4v) is 2.68. The molecule has 0 saturated heterocycles. The number of carboxylic acids is 1. The van der Waals surface area contributed by atoms with Gasteiger partial charge in [0.15, 0.2) is 11.5 Å². The highest BCUT2D eigenvalue weighted by Gasteiger charge is 2.21. The highest BCUT2D eigenvalue weighted by Crippen LogP contribution is 2.28. The van der Waals surface area contributed by atoms with Gasteiger partial charge >= 0.3 is 5.97 Å². The molecule has 2 aromatic rings. The fraction of sp³-hybridized carbons (Fsp3) is 0.308. The number of fused-ring (bicyclic) bond motifs is 1. The number of hydrogen-bond donors (Lipinski definition) is 1. The molecule has 0 spiro atoms. The van der Waals surface area contributed by atoms with Gasteiger partial charge in [0.2, 0.25) is 0 Å². The average molecular weight is 337 g/mol. The van der Waals surface area contributed by atoms with Crippen LogP contribution >= 0.6 is 15.9 Å². The van der Waals surface area contributed by atoms with Gasteiger partial charge in [-0.25, -0.2) is 14.3 Å². The van der Waals surface area contributed by atoms with Gasteiger partial charge in [0.1, 0.15) is 5.52 Å². The summed E-state index contributed by atoms with van der Waals surface area (Å²) in [7, 11) is 0. The van der Waals surface area contributed by atoms with E-state index in [1.54, 1.807) is 12.3 Å². The minimum absolute atomic E-state index is 0.0687. The van der Waals surface area contributed by atoms with Crippen LogP contribution in [0.3, 0.4) is 0 Å². The van der Waals surface area contributed by atoms with Crippen LogP contribution in [0.15, 0.2) is 28.5 Å². The molecule has 0 amide bonds. The predicted molar refractivity (Wildman–Crippen MR) is 78.4 cm³/mol. The van der Waals surface area contributed by atoms with Crippen LogP contribution in [0.25, 0.3) is 5.52 Å². The fourth-order valence-electron chi connectivity index (χ4n) is 2.38. The Hall–Kier alpha value is -1.89. The first-order chi connectivity index (χ1) is 9.58. The van der Waals surface area contributed by atoms with Gasteiger partial charge in [-0.1, -0.05) is 15.9 Å². The third kappa shape index (κ3) is 2.07. The summed E-state index contributed by atoms with van der Waals surface area (Å²) >= 11 is 3.56. The molecule has 1 aliphatic heterocycles. The molecule has 0 radical (unpaired) electrons. The number of carboxylic acid groups (broad SMARTS) is 1. The first kappa shape index (κ1) is 13.1. The highest BCUT2D eigenvalue weighted by atomic mass is 79.9. The number of hydrogen-bond acceptors (Lipinski definition) is 4. The Morgan fingerprint density at radius 3 is 3.00 bits per heavy atom. The van der Waals surface area contributed by atoms with Crippen LogP contribution in [0.1, 0.15) is 23.8 Å². The van der Waals surface area contributed by atoms with E-state index < -0.39 is 5.97 Å². The maximum atomic E-state index is 11.2. The molecule has 0 aromatic carbocycles. The Kier molecular flexibility index (Phi) is 3.21. The summed E-state index contributed by atoms with van der Waals surface area (Å²) in [6.45, 7) is 3.70. The Balaban J connectivity index is 2.08. The van der Waals surface area contributed by atoms with E-state index >= 15 is 0 Å². The summed E-state index contributed by atoms with van der Waals surface area (Å²) in [5, 5.41) is 13.2. The Bertz CT molecular complexity index is 722. The van der Waals surface area contributed by atoms with Crippen molar-refractivity contribution in [3.8, 4) is 0 Å². The van der Waals surface area contributed by atoms with Crippen molar-refractivity contribution in [1.82, 2.24) is 14.6 Å². The van der Waals surface area contributed by atoms with E-state index in [0.29, 0.717) is 0 Å². The van der Waals surface area contributed by atoms with Gasteiger partial charge in [0, 0.05) is 13.1 Å². The molecule has 6 nitrogen and oxygen atoms in total. The number of aromatic carboxylic acids is 1. The zero-order valence-electron chi connectivity index (χ0n) is 10.9. The Labute approximate surface area is 123 Å². The van der Waals surface area contributed by atoms with Crippen molar-refractivity contribution < 1.29 is 9.90 Å². The van der Waals surface area contributed by atoms with Gasteiger partial charge in [0.25, 0.3) is 0 Å². The zero-order chi connectivity index (χ0) is 14.3. The van der Waals surface area contributed by atoms with Crippen LogP contribution < -0.4 is 4.90 Å². The van der Waals surface area contributed by atoms with Crippen LogP contribution in [-0.2, 0) is 0 Å². The van der Waals surface area contributed by atoms with Crippen molar-refractivity contribution in [3.63, 3.8) is 0 Å². The molecular formula is C13H13BrN4O2. The predicted octanol–water partition coefficient (Wildman–Crippen LogP) is 2.31. The van der Waals surface area contributed by atoms with Crippen molar-refractivity contribution >= 4 is 33.2 Å². The van der Waals surface area contributed by atoms with Gasteiger partial charge < -0.3 is 10.0 Å². The minimum Gasteiger partial charge on any atom is -0.476 e. The SMILES string of the molecule is CC1=C(Br)CCN(c2ncc(C(=O)O)n3nccc23)C1. The van der Waals surface area contributed by atoms with E-state index in [4.69, 9.17) is 5.11 Å². The lowest BCUT2D eigenvalue weighted by atomic mass is 10.1. The molecule has 3 heterocycles. The number of rotatable bonds is 2. The third-order valence-corrected chi connectivity index (χ3v) is 4.49. The van der Waals surface area contributed by atoms with Crippen LogP contribution in [0.2, 0.25) is 0 Å². The maximum absolute atomic E-state index is 11.2. The van der Waals surface area contributed by atoms with E-state index in [1.165, 1.54) is 20.8 Å². The van der Waals surface area contributed by atoms with E-state index in [-0.39, 0.29) is 5.69 Å². The first-order valence-corrected chi connectivity index (χ1v) is 7.02. The lowest BCUT2D eigenvalue weighted by Gasteiger charge is -2.29. The molecule has 0 unspecified atom stereocenters. The molecule has 0 atom stereocenters. The molecule has 3 rings (SSSR count). The molecular weight excluding hydrogens is 324 g/mol. The number of anilines is 1. The molecule has 0 bridgehead atoms. The largest absolute Gasteiger partial charge is 0.476 e. The van der Waals surface area contributed by atoms with Crippen LogP contribution in [0, 0.1) is 0 Å². The van der Waals surface area contributed by atoms with Crippen molar-refractivity contribution in [1.29, 1.82) is 0 Å². The normalized spacial score (nSPS) is 16.0. The summed E-state index contributed by atoms with van der Waals surface area (Å²) in [6, 6.07) is 1.79. The third-order valence-electron chi connectivity index (χ3n) is 3.42. The van der Waals surface area contributed by atoms with Crippen molar-refractivity contribution in [2.75, 3.05) is 18.0 Å². The molecule has 20 heavy (non-hydrogen) atoms. The summed E-state index contributed by atoms with van der Waals surface area (Å²) < 4.78 is 2.66. The van der Waals surface area contributed by atoms with Crippen molar-refractivity contribution in [3.05, 3.63) is 34.2 Å². The average Bonchev–Trinajstić information content (AvgIpc) is 2.89. The van der Waals surface area contributed by atoms with Gasteiger partial charge in [-0.15, -0.1) is 0 Å². The van der Waals surface area contributed by atoms with Crippen LogP contribution in [0.5, 0.6) is 0 Å². The summed E-state index contributed by atoms with van der Waals surface area (Å²) in [4.78, 5) is 17.6. The highest BCUT2D eigenvalue weighted by molar-refractivity contribution is 9.11. The van der Waals surface area contributed by atoms with Gasteiger partial charge in [0.05, 0.1) is 12.4 Å². The Morgan fingerprint density at radius 2 is 2.30 bits per heavy atom. The monoisotopic (exact) mass is 336 g/mol. The topological polar surface area (TPSA) is 70.7 Å². The lowest BCUT2D eigenvalue weighted by Crippen LogP contribution is -2.31. The van der Waals surface area contributed by atoms with Gasteiger partial charge in [-0.2, -0.15) is 5.10 Å². The molecule has 7 heteroatoms. The van der Waals surface area contributed by atoms with E-state index in [2.05, 4.69) is 37.8 Å². The second-order valence-corrected chi connectivity index (χ2v) is 5.71. The smallest absolute Gasteiger partial charge is 0.356 e. The molecule has 0 aliphatic carbocycles. The number of carbonyl (C=O) groups is 1. The van der Waals surface area contributed by atoms with Crippen LogP contribution in [-0.4, -0.2) is 38.8 Å². The zero-order valence-corrected chi connectivity index (χ0v) is 12.5. The quantitative estimate of drug-likeness (QED) is 0.911. The van der Waals surface area contributed by atoms with Crippen molar-refractivity contribution in [2.24, 2.45) is 0 Å². The van der Waals surface area contributed by atoms with Gasteiger partial charge in [-0.05, 0) is 29.5 Å². The number of nitrogens with zero attached hydrogens (tertiary/aromatic N) is 4. The number of aromatic nitrogens is 3. The second-order valence-electron chi connectivity index (χ2n) is 4.76. The standard InChI is InChI=1S/C13H13BrN4O2/c1-8-7-17(5-3-9(8)14)12-10-2-4-16-18(10)11(6-15-12)13(19)20/h2,4,6H,3,5,7H2,1H3,(H,19,20). The molecule has 1 aliphatic rings. The van der Waals surface area contributed by atoms with E-state index in [9.17, 15) is 4.79 Å². The maximum Gasteiger partial charge on any atom is 0.356 e. The minimum atomic E-state index is -1.03. The molecule has 104 valence electrons. The van der Waals surface area contributed by atoms with Gasteiger partial charge in [-0.3, -0.25) is 0 Å². The summed E-state index contributed by atoms with van der Waals surface area (Å²) in [5.41, 5.74) is 2.05. The first-order valence-electron chi connectivity index (χ1n) is 6.23. The van der Waals surface area contributed by atoms with Crippen molar-refractivity contribution in [2.45, 2.75) is 13.3 Å².